The maximum Gasteiger partial charge on any atom is 0.261 e. The first-order valence-electron chi connectivity index (χ1n) is 15.3. The molecule has 2 heterocycles. The number of hydrogen-bond donors (Lipinski definition) is 1. The normalized spacial score (nSPS) is 17.9. The van der Waals surface area contributed by atoms with Crippen molar-refractivity contribution in [2.75, 3.05) is 18.0 Å². The van der Waals surface area contributed by atoms with Crippen molar-refractivity contribution in [2.45, 2.75) is 65.4 Å². The number of pyridine rings is 1. The Morgan fingerprint density at radius 3 is 2.09 bits per heavy atom. The van der Waals surface area contributed by atoms with Gasteiger partial charge in [-0.25, -0.2) is 4.39 Å². The van der Waals surface area contributed by atoms with Gasteiger partial charge in [-0.2, -0.15) is 0 Å². The summed E-state index contributed by atoms with van der Waals surface area (Å²) in [6, 6.07) is 26.0. The minimum absolute atomic E-state index is 0.0452. The van der Waals surface area contributed by atoms with Crippen molar-refractivity contribution in [3.8, 4) is 0 Å². The first-order valence-corrected chi connectivity index (χ1v) is 17.6. The number of hydrogen-bond acceptors (Lipinski definition) is 6. The molecular weight excluding hydrogens is 605 g/mol. The Kier molecular flexibility index (Phi) is 9.79. The van der Waals surface area contributed by atoms with Gasteiger partial charge in [0.1, 0.15) is 10.7 Å². The summed E-state index contributed by atoms with van der Waals surface area (Å²) in [6.07, 6.45) is 1.41. The van der Waals surface area contributed by atoms with E-state index in [1.807, 2.05) is 57.2 Å². The van der Waals surface area contributed by atoms with E-state index in [0.29, 0.717) is 29.9 Å². The van der Waals surface area contributed by atoms with Crippen LogP contribution in [0.15, 0.2) is 90.2 Å². The van der Waals surface area contributed by atoms with Crippen molar-refractivity contribution in [1.82, 2.24) is 4.98 Å². The van der Waals surface area contributed by atoms with Crippen molar-refractivity contribution in [2.24, 2.45) is 5.16 Å². The zero-order valence-corrected chi connectivity index (χ0v) is 28.5. The molecule has 0 radical (unpaired) electrons. The molecule has 45 heavy (non-hydrogen) atoms. The van der Waals surface area contributed by atoms with Gasteiger partial charge in [0.15, 0.2) is 5.82 Å². The van der Waals surface area contributed by atoms with E-state index in [1.165, 1.54) is 0 Å². The Morgan fingerprint density at radius 2 is 1.60 bits per heavy atom. The minimum Gasteiger partial charge on any atom is -0.410 e. The fourth-order valence-electron chi connectivity index (χ4n) is 6.48. The van der Waals surface area contributed by atoms with Gasteiger partial charge < -0.3 is 19.3 Å². The van der Waals surface area contributed by atoms with Crippen LogP contribution in [0.3, 0.4) is 0 Å². The third-order valence-corrected chi connectivity index (χ3v) is 13.7. The highest BCUT2D eigenvalue weighted by Gasteiger charge is 2.50. The molecule has 1 N–H and O–H groups in total. The van der Waals surface area contributed by atoms with Crippen molar-refractivity contribution >= 4 is 41.7 Å². The Labute approximate surface area is 271 Å². The molecule has 1 fully saturated rings. The lowest BCUT2D eigenvalue weighted by molar-refractivity contribution is -0.00532. The molecule has 9 heteroatoms. The number of rotatable bonds is 8. The van der Waals surface area contributed by atoms with Crippen LogP contribution in [0, 0.1) is 12.7 Å². The lowest BCUT2D eigenvalue weighted by Gasteiger charge is -2.43. The average Bonchev–Trinajstić information content (AvgIpc) is 3.01. The number of anilines is 1. The molecule has 0 saturated carbocycles. The van der Waals surface area contributed by atoms with Gasteiger partial charge in [-0.05, 0) is 54.4 Å². The molecule has 1 saturated heterocycles. The summed E-state index contributed by atoms with van der Waals surface area (Å²) in [5, 5.41) is 15.6. The Morgan fingerprint density at radius 1 is 1.02 bits per heavy atom. The molecule has 2 atom stereocenters. The largest absolute Gasteiger partial charge is 0.410 e. The van der Waals surface area contributed by atoms with Crippen LogP contribution in [-0.2, 0) is 15.8 Å². The molecule has 0 amide bonds. The van der Waals surface area contributed by atoms with E-state index in [0.717, 1.165) is 16.1 Å². The van der Waals surface area contributed by atoms with Crippen LogP contribution >= 0.6 is 11.6 Å². The molecule has 1 aromatic heterocycles. The van der Waals surface area contributed by atoms with Crippen LogP contribution in [0.25, 0.3) is 0 Å². The van der Waals surface area contributed by atoms with E-state index >= 15 is 4.39 Å². The predicted molar refractivity (Wildman–Crippen MR) is 182 cm³/mol. The molecule has 5 rings (SSSR count). The van der Waals surface area contributed by atoms with Gasteiger partial charge in [0.25, 0.3) is 8.32 Å². The highest BCUT2D eigenvalue weighted by atomic mass is 35.5. The summed E-state index contributed by atoms with van der Waals surface area (Å²) in [4.78, 5) is 6.41. The molecule has 0 aliphatic carbocycles. The maximum atomic E-state index is 16.4. The quantitative estimate of drug-likeness (QED) is 0.0959. The summed E-state index contributed by atoms with van der Waals surface area (Å²) < 4.78 is 29.7. The molecule has 6 nitrogen and oxygen atoms in total. The fourth-order valence-corrected chi connectivity index (χ4v) is 11.3. The zero-order chi connectivity index (χ0) is 32.4. The van der Waals surface area contributed by atoms with Crippen molar-refractivity contribution in [1.29, 1.82) is 0 Å². The van der Waals surface area contributed by atoms with Crippen molar-refractivity contribution in [3.05, 3.63) is 118 Å². The van der Waals surface area contributed by atoms with E-state index in [1.54, 1.807) is 24.4 Å². The number of oxime groups is 1. The number of benzene rings is 3. The van der Waals surface area contributed by atoms with Gasteiger partial charge >= 0.3 is 0 Å². The van der Waals surface area contributed by atoms with Crippen LogP contribution in [0.2, 0.25) is 10.1 Å². The van der Waals surface area contributed by atoms with Gasteiger partial charge in [-0.3, -0.25) is 4.98 Å². The average molecular weight is 646 g/mol. The van der Waals surface area contributed by atoms with Crippen molar-refractivity contribution < 1.29 is 18.8 Å². The van der Waals surface area contributed by atoms with E-state index in [2.05, 4.69) is 60.1 Å². The van der Waals surface area contributed by atoms with Crippen LogP contribution in [-0.4, -0.2) is 49.5 Å². The number of halogens is 2. The molecule has 3 aromatic carbocycles. The third kappa shape index (κ3) is 6.56. The van der Waals surface area contributed by atoms with Crippen LogP contribution in [0.4, 0.5) is 10.1 Å². The molecule has 236 valence electrons. The first-order chi connectivity index (χ1) is 21.5. The second-order valence-corrected chi connectivity index (χ2v) is 17.5. The predicted octanol–water partition coefficient (Wildman–Crippen LogP) is 7.10. The molecule has 1 aliphatic rings. The summed E-state index contributed by atoms with van der Waals surface area (Å²) in [6.45, 7) is 13.7. The summed E-state index contributed by atoms with van der Waals surface area (Å²) in [5.74, 6) is -0.666. The summed E-state index contributed by atoms with van der Waals surface area (Å²) in [5.41, 5.74) is 2.65. The monoisotopic (exact) mass is 645 g/mol. The van der Waals surface area contributed by atoms with Gasteiger partial charge in [0.2, 0.25) is 0 Å². The van der Waals surface area contributed by atoms with Gasteiger partial charge in [-0.15, -0.1) is 0 Å². The number of morpholine rings is 1. The summed E-state index contributed by atoms with van der Waals surface area (Å²) in [7, 11) is -2.96. The van der Waals surface area contributed by atoms with Gasteiger partial charge in [0.05, 0.1) is 24.5 Å². The molecule has 0 spiro atoms. The number of aromatic nitrogens is 1. The lowest BCUT2D eigenvalue weighted by Crippen LogP contribution is -2.66. The first kappa shape index (κ1) is 32.8. The van der Waals surface area contributed by atoms with Crippen molar-refractivity contribution in [3.63, 3.8) is 0 Å². The van der Waals surface area contributed by atoms with E-state index < -0.39 is 14.1 Å². The Bertz CT molecular complexity index is 1600. The van der Waals surface area contributed by atoms with Gasteiger partial charge in [-0.1, -0.05) is 98.2 Å². The topological polar surface area (TPSA) is 67.2 Å². The van der Waals surface area contributed by atoms with E-state index in [4.69, 9.17) is 20.8 Å². The molecule has 0 unspecified atom stereocenters. The smallest absolute Gasteiger partial charge is 0.261 e. The van der Waals surface area contributed by atoms with Crippen LogP contribution < -0.4 is 15.3 Å². The minimum atomic E-state index is -2.96. The molecule has 4 aromatic rings. The fraction of sp³-hybridized carbons (Fsp3) is 0.333. The number of aryl methyl sites for hydroxylation is 1. The second-order valence-electron chi connectivity index (χ2n) is 12.8. The van der Waals surface area contributed by atoms with Crippen LogP contribution in [0.1, 0.15) is 57.0 Å². The van der Waals surface area contributed by atoms with E-state index in [-0.39, 0.29) is 40.2 Å². The molecule has 0 bridgehead atoms. The number of nitrogens with zero attached hydrogens (tertiary/aromatic N) is 3. The molecular formula is C36H41ClFN3O3Si. The highest BCUT2D eigenvalue weighted by Crippen LogP contribution is 2.41. The SMILES string of the molecule is Cc1ccc(/C(=N\O)c2cc(CO[Si](c3ccccc3)(c3ccccc3)C(C)(C)C)c(N3C[C@@H](C)O[C@@H](C)C3)c(Cl)c2F)cn1. The Balaban J connectivity index is 1.70. The zero-order valence-electron chi connectivity index (χ0n) is 26.7. The third-order valence-electron chi connectivity index (χ3n) is 8.40. The second kappa shape index (κ2) is 13.4. The maximum absolute atomic E-state index is 16.4. The van der Waals surface area contributed by atoms with E-state index in [9.17, 15) is 5.21 Å². The lowest BCUT2D eigenvalue weighted by atomic mass is 9.98. The van der Waals surface area contributed by atoms with Gasteiger partial charge in [0, 0.05) is 41.7 Å². The van der Waals surface area contributed by atoms with Crippen LogP contribution in [0.5, 0.6) is 0 Å². The standard InChI is InChI=1S/C36H41ClFN3O3Si/c1-24-17-18-27(20-39-24)34(40-42)31-19-28(35(32(37)33(31)38)41-21-25(2)44-26(3)22-41)23-43-45(36(4,5)6,29-13-9-7-10-14-29)30-15-11-8-12-16-30/h7-20,25-26,42H,21-23H2,1-6H3/b40-34+/t25-,26+. The number of ether oxygens (including phenoxy) is 1. The molecule has 1 aliphatic heterocycles. The summed E-state index contributed by atoms with van der Waals surface area (Å²) >= 11 is 6.97. The highest BCUT2D eigenvalue weighted by molar-refractivity contribution is 6.99. The Hall–Kier alpha value is -3.56.